The Labute approximate surface area is 140 Å². The second-order valence-corrected chi connectivity index (χ2v) is 5.74. The minimum absolute atomic E-state index is 0.758. The molecule has 1 nitrogen and oxygen atoms in total. The van der Waals surface area contributed by atoms with Crippen molar-refractivity contribution in [2.24, 2.45) is 5.73 Å². The van der Waals surface area contributed by atoms with Gasteiger partial charge in [0.25, 0.3) is 0 Å². The first kappa shape index (κ1) is 17.1. The number of unbranched alkanes of at least 4 members (excludes halogenated alkanes) is 1. The average Bonchev–Trinajstić information content (AvgIpc) is 2.60. The summed E-state index contributed by atoms with van der Waals surface area (Å²) in [5.74, 6) is 2.73. The Hall–Kier alpha value is -2.30. The summed E-state index contributed by atoms with van der Waals surface area (Å²) in [6.45, 7) is 0.758. The Morgan fingerprint density at radius 3 is 2.43 bits per heavy atom. The molecule has 0 aliphatic carbocycles. The number of nitrogens with two attached hydrogens (primary N) is 1. The van der Waals surface area contributed by atoms with Crippen molar-refractivity contribution in [1.29, 1.82) is 0 Å². The molecule has 0 aliphatic rings. The fourth-order valence-corrected chi connectivity index (χ4v) is 2.65. The van der Waals surface area contributed by atoms with Gasteiger partial charge in [-0.2, -0.15) is 0 Å². The van der Waals surface area contributed by atoms with Crippen LogP contribution >= 0.6 is 0 Å². The average molecular weight is 303 g/mol. The molecule has 0 unspecified atom stereocenters. The van der Waals surface area contributed by atoms with Crippen molar-refractivity contribution in [3.05, 3.63) is 76.9 Å². The topological polar surface area (TPSA) is 26.0 Å². The third-order valence-electron chi connectivity index (χ3n) is 3.91. The zero-order valence-electron chi connectivity index (χ0n) is 13.7. The van der Waals surface area contributed by atoms with Gasteiger partial charge in [-0.1, -0.05) is 60.5 Å². The first-order chi connectivity index (χ1) is 11.3. The maximum atomic E-state index is 5.58. The van der Waals surface area contributed by atoms with E-state index in [0.29, 0.717) is 0 Å². The molecule has 2 N–H and O–H groups in total. The van der Waals surface area contributed by atoms with Gasteiger partial charge in [0.2, 0.25) is 0 Å². The van der Waals surface area contributed by atoms with Gasteiger partial charge in [0.05, 0.1) is 0 Å². The number of rotatable bonds is 8. The molecule has 0 aromatic heterocycles. The van der Waals surface area contributed by atoms with E-state index < -0.39 is 0 Å². The van der Waals surface area contributed by atoms with E-state index in [1.807, 2.05) is 18.2 Å². The van der Waals surface area contributed by atoms with Crippen LogP contribution in [0.1, 0.15) is 41.5 Å². The molecule has 0 saturated carbocycles. The summed E-state index contributed by atoms with van der Waals surface area (Å²) >= 11 is 0. The van der Waals surface area contributed by atoms with Gasteiger partial charge < -0.3 is 5.73 Å². The molecular formula is C22H25N. The third kappa shape index (κ3) is 5.77. The van der Waals surface area contributed by atoms with Gasteiger partial charge in [-0.15, -0.1) is 6.42 Å². The number of aryl methyl sites for hydroxylation is 2. The first-order valence-electron chi connectivity index (χ1n) is 8.33. The number of terminal acetylenes is 1. The van der Waals surface area contributed by atoms with Gasteiger partial charge >= 0.3 is 0 Å². The Morgan fingerprint density at radius 1 is 0.957 bits per heavy atom. The fourth-order valence-electron chi connectivity index (χ4n) is 2.65. The van der Waals surface area contributed by atoms with Gasteiger partial charge in [0, 0.05) is 5.56 Å². The van der Waals surface area contributed by atoms with Crippen molar-refractivity contribution in [2.45, 2.75) is 32.1 Å². The lowest BCUT2D eigenvalue weighted by Gasteiger charge is -2.04. The first-order valence-corrected chi connectivity index (χ1v) is 8.33. The van der Waals surface area contributed by atoms with Gasteiger partial charge in [0.15, 0.2) is 0 Å². The van der Waals surface area contributed by atoms with Crippen LogP contribution in [-0.2, 0) is 12.8 Å². The SMILES string of the molecule is C#Cc1ccccc1/C=C\CCCc1cccc(CCCN)c1. The summed E-state index contributed by atoms with van der Waals surface area (Å²) in [5.41, 5.74) is 10.5. The van der Waals surface area contributed by atoms with Crippen LogP contribution in [0, 0.1) is 12.3 Å². The van der Waals surface area contributed by atoms with Gasteiger partial charge in [-0.05, 0) is 61.4 Å². The lowest BCUT2D eigenvalue weighted by Crippen LogP contribution is -2.00. The molecule has 2 aromatic rings. The Balaban J connectivity index is 1.81. The van der Waals surface area contributed by atoms with Crippen LogP contribution in [0.3, 0.4) is 0 Å². The van der Waals surface area contributed by atoms with Gasteiger partial charge in [-0.3, -0.25) is 0 Å². The van der Waals surface area contributed by atoms with Crippen molar-refractivity contribution >= 4 is 6.08 Å². The molecule has 0 fully saturated rings. The van der Waals surface area contributed by atoms with Crippen molar-refractivity contribution < 1.29 is 0 Å². The van der Waals surface area contributed by atoms with Crippen LogP contribution in [0.2, 0.25) is 0 Å². The Bertz CT molecular complexity index is 676. The monoisotopic (exact) mass is 303 g/mol. The highest BCUT2D eigenvalue weighted by Gasteiger charge is 1.97. The lowest BCUT2D eigenvalue weighted by atomic mass is 10.0. The lowest BCUT2D eigenvalue weighted by molar-refractivity contribution is 0.820. The second-order valence-electron chi connectivity index (χ2n) is 5.74. The van der Waals surface area contributed by atoms with E-state index in [9.17, 15) is 0 Å². The van der Waals surface area contributed by atoms with Crippen molar-refractivity contribution in [2.75, 3.05) is 6.54 Å². The van der Waals surface area contributed by atoms with E-state index in [1.165, 1.54) is 11.1 Å². The number of benzene rings is 2. The standard InChI is InChI=1S/C22H25N/c1-2-21-14-6-7-16-22(21)15-5-3-4-10-19-11-8-12-20(18-19)13-9-17-23/h1,5-8,11-12,14-16,18H,3-4,9-10,13,17,23H2/b15-5-. The second kappa shape index (κ2) is 9.66. The zero-order chi connectivity index (χ0) is 16.3. The number of hydrogen-bond acceptors (Lipinski definition) is 1. The summed E-state index contributed by atoms with van der Waals surface area (Å²) in [7, 11) is 0. The largest absolute Gasteiger partial charge is 0.330 e. The molecule has 0 atom stereocenters. The zero-order valence-corrected chi connectivity index (χ0v) is 13.7. The van der Waals surface area contributed by atoms with Crippen LogP contribution in [0.4, 0.5) is 0 Å². The van der Waals surface area contributed by atoms with E-state index in [1.54, 1.807) is 0 Å². The van der Waals surface area contributed by atoms with Gasteiger partial charge in [0.1, 0.15) is 0 Å². The number of hydrogen-bond donors (Lipinski definition) is 1. The van der Waals surface area contributed by atoms with E-state index in [-0.39, 0.29) is 0 Å². The smallest absolute Gasteiger partial charge is 0.0314 e. The summed E-state index contributed by atoms with van der Waals surface area (Å²) in [4.78, 5) is 0. The summed E-state index contributed by atoms with van der Waals surface area (Å²) in [6, 6.07) is 16.9. The minimum Gasteiger partial charge on any atom is -0.330 e. The maximum absolute atomic E-state index is 5.58. The number of allylic oxidation sites excluding steroid dienone is 1. The highest BCUT2D eigenvalue weighted by molar-refractivity contribution is 5.58. The molecule has 0 bridgehead atoms. The fraction of sp³-hybridized carbons (Fsp3) is 0.273. The molecule has 2 rings (SSSR count). The molecule has 2 aromatic carbocycles. The summed E-state index contributed by atoms with van der Waals surface area (Å²) in [5, 5.41) is 0. The predicted octanol–water partition coefficient (Wildman–Crippen LogP) is 4.60. The molecule has 23 heavy (non-hydrogen) atoms. The quantitative estimate of drug-likeness (QED) is 0.560. The van der Waals surface area contributed by atoms with Crippen molar-refractivity contribution in [3.8, 4) is 12.3 Å². The molecule has 0 saturated heterocycles. The summed E-state index contributed by atoms with van der Waals surface area (Å²) in [6.07, 6.45) is 15.3. The highest BCUT2D eigenvalue weighted by Crippen LogP contribution is 2.13. The molecule has 118 valence electrons. The van der Waals surface area contributed by atoms with Crippen LogP contribution in [-0.4, -0.2) is 6.54 Å². The van der Waals surface area contributed by atoms with E-state index in [4.69, 9.17) is 12.2 Å². The maximum Gasteiger partial charge on any atom is 0.0314 e. The van der Waals surface area contributed by atoms with E-state index in [2.05, 4.69) is 48.4 Å². The van der Waals surface area contributed by atoms with E-state index in [0.717, 1.165) is 49.8 Å². The summed E-state index contributed by atoms with van der Waals surface area (Å²) < 4.78 is 0. The van der Waals surface area contributed by atoms with Crippen LogP contribution in [0.25, 0.3) is 6.08 Å². The van der Waals surface area contributed by atoms with Crippen LogP contribution in [0.15, 0.2) is 54.6 Å². The molecule has 0 aliphatic heterocycles. The van der Waals surface area contributed by atoms with Gasteiger partial charge in [-0.25, -0.2) is 0 Å². The molecule has 0 amide bonds. The Morgan fingerprint density at radius 2 is 1.70 bits per heavy atom. The van der Waals surface area contributed by atoms with Crippen molar-refractivity contribution in [3.63, 3.8) is 0 Å². The molecule has 0 radical (unpaired) electrons. The molecule has 1 heteroatoms. The minimum atomic E-state index is 0.758. The molecular weight excluding hydrogens is 278 g/mol. The Kier molecular flexibility index (Phi) is 7.17. The third-order valence-corrected chi connectivity index (χ3v) is 3.91. The van der Waals surface area contributed by atoms with Crippen molar-refractivity contribution in [1.82, 2.24) is 0 Å². The highest BCUT2D eigenvalue weighted by atomic mass is 14.5. The van der Waals surface area contributed by atoms with Crippen LogP contribution in [0.5, 0.6) is 0 Å². The molecule has 0 heterocycles. The van der Waals surface area contributed by atoms with E-state index >= 15 is 0 Å². The normalized spacial score (nSPS) is 10.8. The molecule has 0 spiro atoms. The van der Waals surface area contributed by atoms with Crippen LogP contribution < -0.4 is 5.73 Å². The predicted molar refractivity (Wildman–Crippen MR) is 100 cm³/mol.